The number of halogens is 6. The molecule has 0 saturated heterocycles. The van der Waals surface area contributed by atoms with Crippen LogP contribution in [0.15, 0.2) is 48.3 Å². The number of aryl methyl sites for hydroxylation is 1. The van der Waals surface area contributed by atoms with Crippen molar-refractivity contribution in [2.24, 2.45) is 5.92 Å². The van der Waals surface area contributed by atoms with Gasteiger partial charge in [0.1, 0.15) is 17.5 Å². The summed E-state index contributed by atoms with van der Waals surface area (Å²) in [4.78, 5) is 0. The van der Waals surface area contributed by atoms with Gasteiger partial charge >= 0.3 is 6.18 Å². The van der Waals surface area contributed by atoms with Gasteiger partial charge in [-0.05, 0) is 66.8 Å². The summed E-state index contributed by atoms with van der Waals surface area (Å²) in [6.45, 7) is 2.08. The third kappa shape index (κ3) is 5.46. The van der Waals surface area contributed by atoms with E-state index in [2.05, 4.69) is 6.92 Å². The van der Waals surface area contributed by atoms with Crippen LogP contribution in [0.4, 0.5) is 26.3 Å². The van der Waals surface area contributed by atoms with Gasteiger partial charge in [0.15, 0.2) is 0 Å². The average molecular weight is 426 g/mol. The van der Waals surface area contributed by atoms with Gasteiger partial charge in [0.2, 0.25) is 0 Å². The van der Waals surface area contributed by atoms with Crippen molar-refractivity contribution in [2.75, 3.05) is 0 Å². The van der Waals surface area contributed by atoms with Crippen molar-refractivity contribution < 1.29 is 26.3 Å². The lowest BCUT2D eigenvalue weighted by molar-refractivity contribution is -0.0820. The predicted octanol–water partition coefficient (Wildman–Crippen LogP) is 8.27. The zero-order valence-electron chi connectivity index (χ0n) is 16.7. The minimum Gasteiger partial charge on any atom is -0.212 e. The summed E-state index contributed by atoms with van der Waals surface area (Å²) in [7, 11) is 0. The van der Waals surface area contributed by atoms with Gasteiger partial charge < -0.3 is 0 Å². The van der Waals surface area contributed by atoms with Crippen molar-refractivity contribution >= 4 is 0 Å². The Bertz CT molecular complexity index is 864. The van der Waals surface area contributed by atoms with Crippen LogP contribution >= 0.6 is 0 Å². The molecule has 1 aliphatic rings. The molecule has 0 N–H and O–H groups in total. The minimum absolute atomic E-state index is 0.0555. The van der Waals surface area contributed by atoms with Crippen molar-refractivity contribution in [3.05, 3.63) is 71.1 Å². The number of alkyl halides is 3. The Balaban J connectivity index is 1.74. The van der Waals surface area contributed by atoms with E-state index in [1.807, 2.05) is 24.3 Å². The first-order chi connectivity index (χ1) is 14.2. The lowest BCUT2D eigenvalue weighted by Gasteiger charge is -2.28. The minimum atomic E-state index is -4.70. The molecular weight excluding hydrogens is 402 g/mol. The van der Waals surface area contributed by atoms with E-state index in [9.17, 15) is 26.3 Å². The molecule has 0 atom stereocenters. The molecule has 0 heterocycles. The first-order valence-electron chi connectivity index (χ1n) is 10.2. The van der Waals surface area contributed by atoms with E-state index in [-0.39, 0.29) is 37.3 Å². The monoisotopic (exact) mass is 426 g/mol. The first kappa shape index (κ1) is 22.4. The van der Waals surface area contributed by atoms with Crippen LogP contribution in [-0.2, 0) is 6.42 Å². The zero-order valence-corrected chi connectivity index (χ0v) is 16.7. The van der Waals surface area contributed by atoms with Crippen LogP contribution in [0.2, 0.25) is 0 Å². The summed E-state index contributed by atoms with van der Waals surface area (Å²) >= 11 is 0. The molecule has 0 nitrogen and oxygen atoms in total. The van der Waals surface area contributed by atoms with E-state index in [0.29, 0.717) is 11.1 Å². The Morgan fingerprint density at radius 2 is 1.50 bits per heavy atom. The molecule has 0 amide bonds. The maximum atomic E-state index is 14.8. The van der Waals surface area contributed by atoms with Crippen LogP contribution in [-0.4, -0.2) is 6.18 Å². The van der Waals surface area contributed by atoms with E-state index in [1.165, 1.54) is 12.1 Å². The second kappa shape index (κ2) is 9.27. The first-order valence-corrected chi connectivity index (χ1v) is 10.2. The summed E-state index contributed by atoms with van der Waals surface area (Å²) in [5.74, 6) is -3.87. The van der Waals surface area contributed by atoms with Gasteiger partial charge in [-0.15, -0.1) is 0 Å². The number of allylic oxidation sites excluding steroid dienone is 2. The highest BCUT2D eigenvalue weighted by molar-refractivity contribution is 5.64. The molecular formula is C24H24F6. The highest BCUT2D eigenvalue weighted by Crippen LogP contribution is 2.42. The fourth-order valence-electron chi connectivity index (χ4n) is 4.23. The normalized spacial score (nSPS) is 20.4. The van der Waals surface area contributed by atoms with Gasteiger partial charge in [-0.2, -0.15) is 13.2 Å². The maximum Gasteiger partial charge on any atom is 0.412 e. The Hall–Kier alpha value is -2.24. The molecule has 6 heteroatoms. The smallest absolute Gasteiger partial charge is 0.212 e. The van der Waals surface area contributed by atoms with E-state index < -0.39 is 35.5 Å². The van der Waals surface area contributed by atoms with Crippen LogP contribution in [0.25, 0.3) is 11.1 Å². The Morgan fingerprint density at radius 3 is 2.00 bits per heavy atom. The fourth-order valence-corrected chi connectivity index (χ4v) is 4.23. The third-order valence-corrected chi connectivity index (χ3v) is 5.73. The van der Waals surface area contributed by atoms with Gasteiger partial charge in [0.05, 0.1) is 6.08 Å². The zero-order chi connectivity index (χ0) is 21.9. The van der Waals surface area contributed by atoms with Crippen molar-refractivity contribution in [3.63, 3.8) is 0 Å². The average Bonchev–Trinajstić information content (AvgIpc) is 2.67. The molecule has 0 aliphatic heterocycles. The Morgan fingerprint density at radius 1 is 0.933 bits per heavy atom. The third-order valence-electron chi connectivity index (χ3n) is 5.73. The molecule has 162 valence electrons. The number of hydrogen-bond donors (Lipinski definition) is 0. The Labute approximate surface area is 172 Å². The molecule has 1 saturated carbocycles. The molecule has 0 radical (unpaired) electrons. The molecule has 3 rings (SSSR count). The van der Waals surface area contributed by atoms with Gasteiger partial charge in [0.25, 0.3) is 0 Å². The standard InChI is InChI=1S/C24H24F6/c1-2-3-15-4-6-16(7-5-15)19-12-20(25)23(21(26)13-19)18-10-8-17(9-11-18)22(27)14-24(28,29)30/h4-7,12-14,17-18H,2-3,8-11H2,1H3. The number of rotatable bonds is 5. The van der Waals surface area contributed by atoms with Crippen LogP contribution in [0, 0.1) is 17.6 Å². The summed E-state index contributed by atoms with van der Waals surface area (Å²) < 4.78 is 80.3. The van der Waals surface area contributed by atoms with E-state index >= 15 is 0 Å². The van der Waals surface area contributed by atoms with Gasteiger partial charge in [-0.1, -0.05) is 37.6 Å². The van der Waals surface area contributed by atoms with Crippen molar-refractivity contribution in [3.8, 4) is 11.1 Å². The van der Waals surface area contributed by atoms with Crippen LogP contribution in [0.5, 0.6) is 0 Å². The lowest BCUT2D eigenvalue weighted by atomic mass is 9.77. The second-order valence-corrected chi connectivity index (χ2v) is 7.92. The van der Waals surface area contributed by atoms with Gasteiger partial charge in [0, 0.05) is 11.5 Å². The van der Waals surface area contributed by atoms with Gasteiger partial charge in [-0.3, -0.25) is 0 Å². The summed E-state index contributed by atoms with van der Waals surface area (Å²) in [5, 5.41) is 0. The van der Waals surface area contributed by atoms with Crippen LogP contribution < -0.4 is 0 Å². The van der Waals surface area contributed by atoms with E-state index in [4.69, 9.17) is 0 Å². The maximum absolute atomic E-state index is 14.8. The fraction of sp³-hybridized carbons (Fsp3) is 0.417. The lowest BCUT2D eigenvalue weighted by Crippen LogP contribution is -2.17. The number of benzene rings is 2. The van der Waals surface area contributed by atoms with Gasteiger partial charge in [-0.25, -0.2) is 13.2 Å². The second-order valence-electron chi connectivity index (χ2n) is 7.92. The van der Waals surface area contributed by atoms with E-state index in [0.717, 1.165) is 18.4 Å². The predicted molar refractivity (Wildman–Crippen MR) is 106 cm³/mol. The van der Waals surface area contributed by atoms with E-state index in [1.54, 1.807) is 0 Å². The van der Waals surface area contributed by atoms with Crippen molar-refractivity contribution in [1.29, 1.82) is 0 Å². The quantitative estimate of drug-likeness (QED) is 0.422. The van der Waals surface area contributed by atoms with Crippen LogP contribution in [0.1, 0.15) is 56.1 Å². The largest absolute Gasteiger partial charge is 0.412 e. The topological polar surface area (TPSA) is 0 Å². The SMILES string of the molecule is CCCc1ccc(-c2cc(F)c(C3CCC(C(F)=CC(F)(F)F)CC3)c(F)c2)cc1. The van der Waals surface area contributed by atoms with Crippen molar-refractivity contribution in [1.82, 2.24) is 0 Å². The number of hydrogen-bond acceptors (Lipinski definition) is 0. The van der Waals surface area contributed by atoms with Crippen molar-refractivity contribution in [2.45, 2.75) is 57.5 Å². The summed E-state index contributed by atoms with van der Waals surface area (Å²) in [5.41, 5.74) is 2.24. The summed E-state index contributed by atoms with van der Waals surface area (Å²) in [6, 6.07) is 10.1. The Kier molecular flexibility index (Phi) is 6.94. The molecule has 0 unspecified atom stereocenters. The molecule has 0 spiro atoms. The molecule has 0 aromatic heterocycles. The molecule has 1 fully saturated rings. The molecule has 1 aliphatic carbocycles. The van der Waals surface area contributed by atoms with Crippen LogP contribution in [0.3, 0.4) is 0 Å². The molecule has 2 aromatic rings. The molecule has 30 heavy (non-hydrogen) atoms. The highest BCUT2D eigenvalue weighted by atomic mass is 19.4. The molecule has 2 aromatic carbocycles. The highest BCUT2D eigenvalue weighted by Gasteiger charge is 2.32. The summed E-state index contributed by atoms with van der Waals surface area (Å²) in [6.07, 6.45) is -2.35. The molecule has 0 bridgehead atoms.